The molecule has 0 unspecified atom stereocenters. The van der Waals surface area contributed by atoms with E-state index < -0.39 is 37.1 Å². The Morgan fingerprint density at radius 2 is 1.67 bits per heavy atom. The van der Waals surface area contributed by atoms with Crippen LogP contribution in [0.15, 0.2) is 29.4 Å². The summed E-state index contributed by atoms with van der Waals surface area (Å²) in [6, 6.07) is 6.68. The fourth-order valence-corrected chi connectivity index (χ4v) is 2.33. The molecule has 0 amide bonds. The summed E-state index contributed by atoms with van der Waals surface area (Å²) < 4.78 is 5.42. The Labute approximate surface area is 120 Å². The number of azide groups is 1. The average Bonchev–Trinajstić information content (AvgIpc) is 2.50. The highest BCUT2D eigenvalue weighted by molar-refractivity contribution is 5.38. The molecule has 1 aromatic rings. The average molecular weight is 295 g/mol. The molecule has 1 fully saturated rings. The Balaban J connectivity index is 2.08. The van der Waals surface area contributed by atoms with Crippen LogP contribution in [0, 0.1) is 0 Å². The lowest BCUT2D eigenvalue weighted by molar-refractivity contribution is -0.228. The van der Waals surface area contributed by atoms with Crippen molar-refractivity contribution in [2.24, 2.45) is 5.11 Å². The minimum atomic E-state index is -1.37. The van der Waals surface area contributed by atoms with E-state index >= 15 is 0 Å². The van der Waals surface area contributed by atoms with E-state index in [1.807, 2.05) is 0 Å². The van der Waals surface area contributed by atoms with Crippen molar-refractivity contribution in [3.05, 3.63) is 40.3 Å². The number of nitrogens with zero attached hydrogens (tertiary/aromatic N) is 3. The first-order chi connectivity index (χ1) is 10.1. The van der Waals surface area contributed by atoms with Gasteiger partial charge in [-0.15, -0.1) is 0 Å². The van der Waals surface area contributed by atoms with Crippen LogP contribution in [-0.2, 0) is 11.2 Å². The molecule has 0 spiro atoms. The zero-order valence-electron chi connectivity index (χ0n) is 11.1. The van der Waals surface area contributed by atoms with E-state index in [-0.39, 0.29) is 6.42 Å². The van der Waals surface area contributed by atoms with E-state index in [2.05, 4.69) is 10.0 Å². The highest BCUT2D eigenvalue weighted by Crippen LogP contribution is 2.24. The van der Waals surface area contributed by atoms with Gasteiger partial charge in [-0.2, -0.15) is 0 Å². The number of hydrogen-bond acceptors (Lipinski definition) is 6. The minimum absolute atomic E-state index is 0.290. The molecule has 21 heavy (non-hydrogen) atoms. The first-order valence-corrected chi connectivity index (χ1v) is 6.51. The number of ether oxygens (including phenoxy) is 1. The molecule has 114 valence electrons. The Hall–Kier alpha value is -1.67. The van der Waals surface area contributed by atoms with Gasteiger partial charge in [0.05, 0.1) is 12.7 Å². The summed E-state index contributed by atoms with van der Waals surface area (Å²) in [6.45, 7) is -0.447. The lowest BCUT2D eigenvalue weighted by Gasteiger charge is -2.40. The summed E-state index contributed by atoms with van der Waals surface area (Å²) in [5.74, 6) is 0. The van der Waals surface area contributed by atoms with Crippen molar-refractivity contribution in [2.45, 2.75) is 36.9 Å². The molecule has 0 bridgehead atoms. The van der Waals surface area contributed by atoms with Crippen molar-refractivity contribution in [3.63, 3.8) is 0 Å². The summed E-state index contributed by atoms with van der Waals surface area (Å²) in [6.07, 6.45) is -5.34. The quantitative estimate of drug-likeness (QED) is 0.352. The lowest BCUT2D eigenvalue weighted by Crippen LogP contribution is -2.58. The van der Waals surface area contributed by atoms with Crippen molar-refractivity contribution in [3.8, 4) is 0 Å². The predicted octanol–water partition coefficient (Wildman–Crippen LogP) is 0.0133. The highest BCUT2D eigenvalue weighted by atomic mass is 16.5. The lowest BCUT2D eigenvalue weighted by atomic mass is 9.91. The minimum Gasteiger partial charge on any atom is -0.394 e. The Morgan fingerprint density at radius 3 is 2.24 bits per heavy atom. The Morgan fingerprint density at radius 1 is 1.05 bits per heavy atom. The van der Waals surface area contributed by atoms with Crippen LogP contribution < -0.4 is 0 Å². The van der Waals surface area contributed by atoms with Crippen molar-refractivity contribution in [2.75, 3.05) is 6.61 Å². The summed E-state index contributed by atoms with van der Waals surface area (Å²) in [4.78, 5) is 2.67. The number of hydrogen-bond donors (Lipinski definition) is 4. The maximum atomic E-state index is 9.94. The number of aliphatic hydroxyl groups is 4. The molecule has 0 saturated carbocycles. The normalized spacial score (nSPS) is 32.5. The summed E-state index contributed by atoms with van der Waals surface area (Å²) >= 11 is 0. The van der Waals surface area contributed by atoms with E-state index in [1.165, 1.54) is 0 Å². The molecular weight excluding hydrogens is 278 g/mol. The van der Waals surface area contributed by atoms with Crippen LogP contribution in [0.4, 0.5) is 5.69 Å². The smallest absolute Gasteiger partial charge is 0.111 e. The van der Waals surface area contributed by atoms with E-state index in [9.17, 15) is 15.3 Å². The molecule has 0 radical (unpaired) electrons. The number of benzene rings is 1. The van der Waals surface area contributed by atoms with Crippen LogP contribution in [0.1, 0.15) is 5.56 Å². The molecule has 5 atom stereocenters. The van der Waals surface area contributed by atoms with Gasteiger partial charge in [-0.05, 0) is 11.1 Å². The van der Waals surface area contributed by atoms with Gasteiger partial charge in [-0.1, -0.05) is 29.4 Å². The first kappa shape index (κ1) is 15.7. The molecule has 1 aromatic carbocycles. The van der Waals surface area contributed by atoms with Crippen LogP contribution >= 0.6 is 0 Å². The van der Waals surface area contributed by atoms with Gasteiger partial charge in [0.2, 0.25) is 0 Å². The molecule has 1 aliphatic rings. The third kappa shape index (κ3) is 3.51. The molecule has 8 nitrogen and oxygen atoms in total. The third-order valence-electron chi connectivity index (χ3n) is 3.52. The van der Waals surface area contributed by atoms with Crippen LogP contribution in [0.25, 0.3) is 10.4 Å². The van der Waals surface area contributed by atoms with Crippen LogP contribution in [0.2, 0.25) is 0 Å². The molecule has 1 saturated heterocycles. The second kappa shape index (κ2) is 6.86. The Bertz CT molecular complexity index is 515. The van der Waals surface area contributed by atoms with E-state index in [4.69, 9.17) is 15.4 Å². The molecule has 1 heterocycles. The van der Waals surface area contributed by atoms with Gasteiger partial charge in [-0.25, -0.2) is 0 Å². The van der Waals surface area contributed by atoms with Gasteiger partial charge in [0.15, 0.2) is 0 Å². The largest absolute Gasteiger partial charge is 0.394 e. The van der Waals surface area contributed by atoms with Crippen molar-refractivity contribution in [1.29, 1.82) is 0 Å². The van der Waals surface area contributed by atoms with Gasteiger partial charge in [0.25, 0.3) is 0 Å². The molecule has 1 aliphatic heterocycles. The summed E-state index contributed by atoms with van der Waals surface area (Å²) in [7, 11) is 0. The fourth-order valence-electron chi connectivity index (χ4n) is 2.33. The molecule has 4 N–H and O–H groups in total. The van der Waals surface area contributed by atoms with Gasteiger partial charge >= 0.3 is 0 Å². The van der Waals surface area contributed by atoms with Crippen LogP contribution in [0.5, 0.6) is 0 Å². The predicted molar refractivity (Wildman–Crippen MR) is 72.7 cm³/mol. The van der Waals surface area contributed by atoms with Gasteiger partial charge in [0, 0.05) is 17.0 Å². The number of rotatable bonds is 4. The third-order valence-corrected chi connectivity index (χ3v) is 3.52. The van der Waals surface area contributed by atoms with Crippen LogP contribution in [-0.4, -0.2) is 57.6 Å². The molecular formula is C13H17N3O5. The van der Waals surface area contributed by atoms with E-state index in [0.717, 1.165) is 5.56 Å². The SMILES string of the molecule is [N-]=[N+]=Nc1ccc(C[C@H]2O[C@H](CO)[C@@H](O)[C@H](O)[C@@H]2O)cc1. The highest BCUT2D eigenvalue weighted by Gasteiger charge is 2.43. The zero-order valence-corrected chi connectivity index (χ0v) is 11.1. The molecule has 0 aliphatic carbocycles. The maximum absolute atomic E-state index is 9.94. The fraction of sp³-hybridized carbons (Fsp3) is 0.538. The monoisotopic (exact) mass is 295 g/mol. The first-order valence-electron chi connectivity index (χ1n) is 6.51. The van der Waals surface area contributed by atoms with Crippen molar-refractivity contribution < 1.29 is 25.2 Å². The topological polar surface area (TPSA) is 139 Å². The summed E-state index contributed by atoms with van der Waals surface area (Å²) in [5.41, 5.74) is 9.59. The van der Waals surface area contributed by atoms with Crippen molar-refractivity contribution in [1.82, 2.24) is 0 Å². The van der Waals surface area contributed by atoms with Gasteiger partial charge in [0.1, 0.15) is 24.4 Å². The summed E-state index contributed by atoms with van der Waals surface area (Å²) in [5, 5.41) is 41.9. The van der Waals surface area contributed by atoms with Gasteiger partial charge in [-0.3, -0.25) is 0 Å². The molecule has 2 rings (SSSR count). The maximum Gasteiger partial charge on any atom is 0.111 e. The zero-order chi connectivity index (χ0) is 15.4. The van der Waals surface area contributed by atoms with Gasteiger partial charge < -0.3 is 25.2 Å². The molecule has 8 heteroatoms. The van der Waals surface area contributed by atoms with E-state index in [1.54, 1.807) is 24.3 Å². The van der Waals surface area contributed by atoms with E-state index in [0.29, 0.717) is 5.69 Å². The second-order valence-corrected chi connectivity index (χ2v) is 4.93. The van der Waals surface area contributed by atoms with Crippen molar-refractivity contribution >= 4 is 5.69 Å². The number of aliphatic hydroxyl groups excluding tert-OH is 4. The second-order valence-electron chi connectivity index (χ2n) is 4.93. The Kier molecular flexibility index (Phi) is 5.13. The molecule has 0 aromatic heterocycles. The standard InChI is InChI=1S/C13H17N3O5/c14-16-15-8-3-1-7(2-4-8)5-9-11(18)13(20)12(19)10(6-17)21-9/h1-4,9-13,17-20H,5-6H2/t9-,10-,11-,12-,13-/m1/s1. The van der Waals surface area contributed by atoms with Crippen LogP contribution in [0.3, 0.4) is 0 Å².